The minimum absolute atomic E-state index is 0.900. The number of hydrogen-bond donors (Lipinski definition) is 3. The summed E-state index contributed by atoms with van der Waals surface area (Å²) >= 11 is 0. The van der Waals surface area contributed by atoms with Crippen molar-refractivity contribution in [2.24, 2.45) is 0 Å². The van der Waals surface area contributed by atoms with Crippen molar-refractivity contribution in [3.05, 3.63) is 84.8 Å². The molecule has 0 unspecified atom stereocenters. The van der Waals surface area contributed by atoms with Crippen LogP contribution in [0.15, 0.2) is 79.3 Å². The third-order valence-electron chi connectivity index (χ3n) is 4.23. The molecule has 0 saturated heterocycles. The molecule has 0 aliphatic rings. The van der Waals surface area contributed by atoms with Gasteiger partial charge >= 0.3 is 0 Å². The van der Waals surface area contributed by atoms with Gasteiger partial charge in [-0.05, 0) is 54.4 Å². The molecule has 0 aliphatic heterocycles. The molecule has 0 saturated carbocycles. The van der Waals surface area contributed by atoms with Crippen molar-refractivity contribution in [2.45, 2.75) is 6.42 Å². The molecule has 0 fully saturated rings. The van der Waals surface area contributed by atoms with Crippen LogP contribution in [-0.4, -0.2) is 16.5 Å². The maximum atomic E-state index is 4.11. The quantitative estimate of drug-likeness (QED) is 0.469. The standard InChI is InChI=1S/C21H20N4/c1-2-6-21-20(5-1)16(14-24-21)11-13-23-17-7-9-18(10-8-17)25-19-4-3-12-22-15-19/h1-10,12,14-15,23-25H,11,13H2. The van der Waals surface area contributed by atoms with Crippen LogP contribution in [0.25, 0.3) is 10.9 Å². The van der Waals surface area contributed by atoms with E-state index in [1.807, 2.05) is 18.3 Å². The monoisotopic (exact) mass is 328 g/mol. The van der Waals surface area contributed by atoms with Crippen LogP contribution in [0.5, 0.6) is 0 Å². The first-order valence-corrected chi connectivity index (χ1v) is 8.44. The fraction of sp³-hybridized carbons (Fsp3) is 0.0952. The number of para-hydroxylation sites is 1. The molecule has 3 N–H and O–H groups in total. The Hall–Kier alpha value is -3.27. The van der Waals surface area contributed by atoms with E-state index in [-0.39, 0.29) is 0 Å². The van der Waals surface area contributed by atoms with Crippen molar-refractivity contribution in [2.75, 3.05) is 17.2 Å². The van der Waals surface area contributed by atoms with Gasteiger partial charge in [0, 0.05) is 41.2 Å². The van der Waals surface area contributed by atoms with Gasteiger partial charge in [-0.2, -0.15) is 0 Å². The maximum absolute atomic E-state index is 4.11. The van der Waals surface area contributed by atoms with Crippen LogP contribution in [-0.2, 0) is 6.42 Å². The third kappa shape index (κ3) is 3.63. The SMILES string of the molecule is c1cncc(Nc2ccc(NCCc3c[nH]c4ccccc34)cc2)c1. The lowest BCUT2D eigenvalue weighted by atomic mass is 10.1. The number of anilines is 3. The van der Waals surface area contributed by atoms with Crippen LogP contribution in [0, 0.1) is 0 Å². The summed E-state index contributed by atoms with van der Waals surface area (Å²) in [6, 6.07) is 20.7. The predicted molar refractivity (Wildman–Crippen MR) is 104 cm³/mol. The Morgan fingerprint density at radius 3 is 2.52 bits per heavy atom. The van der Waals surface area contributed by atoms with E-state index in [4.69, 9.17) is 0 Å². The van der Waals surface area contributed by atoms with E-state index in [2.05, 4.69) is 75.3 Å². The first-order chi connectivity index (χ1) is 12.4. The van der Waals surface area contributed by atoms with E-state index in [0.717, 1.165) is 30.0 Å². The van der Waals surface area contributed by atoms with Gasteiger partial charge in [0.25, 0.3) is 0 Å². The molecular weight excluding hydrogens is 308 g/mol. The number of H-pyrrole nitrogens is 1. The lowest BCUT2D eigenvalue weighted by Gasteiger charge is -2.09. The van der Waals surface area contributed by atoms with Gasteiger partial charge in [-0.15, -0.1) is 0 Å². The number of hydrogen-bond acceptors (Lipinski definition) is 3. The summed E-state index contributed by atoms with van der Waals surface area (Å²) < 4.78 is 0. The van der Waals surface area contributed by atoms with Crippen LogP contribution < -0.4 is 10.6 Å². The van der Waals surface area contributed by atoms with Crippen LogP contribution in [0.3, 0.4) is 0 Å². The van der Waals surface area contributed by atoms with Gasteiger partial charge in [-0.3, -0.25) is 4.98 Å². The van der Waals surface area contributed by atoms with Gasteiger partial charge in [0.15, 0.2) is 0 Å². The zero-order valence-electron chi connectivity index (χ0n) is 13.9. The molecule has 0 atom stereocenters. The number of nitrogens with one attached hydrogen (secondary N) is 3. The number of benzene rings is 2. The largest absolute Gasteiger partial charge is 0.385 e. The number of aromatic nitrogens is 2. The van der Waals surface area contributed by atoms with Gasteiger partial charge in [0.2, 0.25) is 0 Å². The van der Waals surface area contributed by atoms with Crippen molar-refractivity contribution < 1.29 is 0 Å². The summed E-state index contributed by atoms with van der Waals surface area (Å²) in [5, 5.41) is 8.13. The molecule has 25 heavy (non-hydrogen) atoms. The smallest absolute Gasteiger partial charge is 0.0570 e. The minimum atomic E-state index is 0.900. The molecule has 4 rings (SSSR count). The van der Waals surface area contributed by atoms with E-state index < -0.39 is 0 Å². The minimum Gasteiger partial charge on any atom is -0.385 e. The molecule has 2 heterocycles. The maximum Gasteiger partial charge on any atom is 0.0570 e. The molecule has 0 spiro atoms. The van der Waals surface area contributed by atoms with Crippen LogP contribution in [0.2, 0.25) is 0 Å². The van der Waals surface area contributed by atoms with Crippen molar-refractivity contribution in [1.29, 1.82) is 0 Å². The fourth-order valence-corrected chi connectivity index (χ4v) is 2.95. The van der Waals surface area contributed by atoms with Gasteiger partial charge in [-0.1, -0.05) is 18.2 Å². The molecule has 4 heteroatoms. The second kappa shape index (κ2) is 7.09. The lowest BCUT2D eigenvalue weighted by Crippen LogP contribution is -2.04. The Bertz CT molecular complexity index is 942. The Labute approximate surface area is 146 Å². The normalized spacial score (nSPS) is 10.7. The first kappa shape index (κ1) is 15.3. The molecule has 4 nitrogen and oxygen atoms in total. The highest BCUT2D eigenvalue weighted by atomic mass is 14.9. The van der Waals surface area contributed by atoms with Crippen molar-refractivity contribution in [3.63, 3.8) is 0 Å². The zero-order chi connectivity index (χ0) is 16.9. The molecule has 0 bridgehead atoms. The fourth-order valence-electron chi connectivity index (χ4n) is 2.95. The molecule has 4 aromatic rings. The van der Waals surface area contributed by atoms with Gasteiger partial charge in [-0.25, -0.2) is 0 Å². The summed E-state index contributed by atoms with van der Waals surface area (Å²) in [4.78, 5) is 7.43. The summed E-state index contributed by atoms with van der Waals surface area (Å²) in [6.45, 7) is 0.900. The molecule has 0 aliphatic carbocycles. The molecular formula is C21H20N4. The summed E-state index contributed by atoms with van der Waals surface area (Å²) in [7, 11) is 0. The number of fused-ring (bicyclic) bond motifs is 1. The van der Waals surface area contributed by atoms with Gasteiger partial charge < -0.3 is 15.6 Å². The van der Waals surface area contributed by atoms with Crippen molar-refractivity contribution in [1.82, 2.24) is 9.97 Å². The highest BCUT2D eigenvalue weighted by Crippen LogP contribution is 2.20. The Balaban J connectivity index is 1.34. The van der Waals surface area contributed by atoms with Crippen LogP contribution in [0.4, 0.5) is 17.1 Å². The lowest BCUT2D eigenvalue weighted by molar-refractivity contribution is 1.03. The van der Waals surface area contributed by atoms with Crippen molar-refractivity contribution in [3.8, 4) is 0 Å². The van der Waals surface area contributed by atoms with Gasteiger partial charge in [0.1, 0.15) is 0 Å². The highest BCUT2D eigenvalue weighted by Gasteiger charge is 2.02. The Morgan fingerprint density at radius 2 is 1.68 bits per heavy atom. The third-order valence-corrected chi connectivity index (χ3v) is 4.23. The average Bonchev–Trinajstić information content (AvgIpc) is 3.07. The van der Waals surface area contributed by atoms with E-state index in [1.54, 1.807) is 6.20 Å². The second-order valence-electron chi connectivity index (χ2n) is 5.98. The molecule has 2 aromatic heterocycles. The second-order valence-corrected chi connectivity index (χ2v) is 5.98. The average molecular weight is 328 g/mol. The van der Waals surface area contributed by atoms with Crippen LogP contribution >= 0.6 is 0 Å². The number of pyridine rings is 1. The van der Waals surface area contributed by atoms with E-state index in [0.29, 0.717) is 0 Å². The number of rotatable bonds is 6. The zero-order valence-corrected chi connectivity index (χ0v) is 13.9. The topological polar surface area (TPSA) is 52.7 Å². The Morgan fingerprint density at radius 1 is 0.840 bits per heavy atom. The van der Waals surface area contributed by atoms with Crippen molar-refractivity contribution >= 4 is 28.0 Å². The van der Waals surface area contributed by atoms with Crippen LogP contribution in [0.1, 0.15) is 5.56 Å². The number of nitrogens with zero attached hydrogens (tertiary/aromatic N) is 1. The predicted octanol–water partition coefficient (Wildman–Crippen LogP) is 4.96. The highest BCUT2D eigenvalue weighted by molar-refractivity contribution is 5.83. The Kier molecular flexibility index (Phi) is 4.33. The molecule has 0 radical (unpaired) electrons. The van der Waals surface area contributed by atoms with E-state index in [1.165, 1.54) is 16.5 Å². The number of aromatic amines is 1. The molecule has 2 aromatic carbocycles. The summed E-state index contributed by atoms with van der Waals surface area (Å²) in [5.41, 5.74) is 5.70. The van der Waals surface area contributed by atoms with E-state index in [9.17, 15) is 0 Å². The summed E-state index contributed by atoms with van der Waals surface area (Å²) in [6.07, 6.45) is 6.67. The van der Waals surface area contributed by atoms with Gasteiger partial charge in [0.05, 0.1) is 11.9 Å². The first-order valence-electron chi connectivity index (χ1n) is 8.44. The summed E-state index contributed by atoms with van der Waals surface area (Å²) in [5.74, 6) is 0. The molecule has 124 valence electrons. The van der Waals surface area contributed by atoms with E-state index >= 15 is 0 Å². The molecule has 0 amide bonds.